The first kappa shape index (κ1) is 14.8. The number of hydrogen-bond donors (Lipinski definition) is 2. The van der Waals surface area contributed by atoms with Gasteiger partial charge in [0.05, 0.1) is 0 Å². The van der Waals surface area contributed by atoms with Crippen molar-refractivity contribution in [3.05, 3.63) is 64.2 Å². The maximum Gasteiger partial charge on any atom is 0.171 e. The average molecular weight is 305 g/mol. The molecule has 2 aromatic carbocycles. The average Bonchev–Trinajstić information content (AvgIpc) is 2.36. The van der Waals surface area contributed by atoms with Gasteiger partial charge in [-0.1, -0.05) is 35.9 Å². The highest BCUT2D eigenvalue weighted by molar-refractivity contribution is 7.80. The molecule has 0 bridgehead atoms. The Labute approximate surface area is 130 Å². The minimum absolute atomic E-state index is 0.593. The lowest BCUT2D eigenvalue weighted by atomic mass is 10.1. The number of benzene rings is 2. The largest absolute Gasteiger partial charge is 0.358 e. The number of thiocarbonyl (C=S) groups is 1. The van der Waals surface area contributed by atoms with Crippen LogP contribution in [0.1, 0.15) is 16.7 Å². The van der Waals surface area contributed by atoms with Gasteiger partial charge in [0.2, 0.25) is 0 Å². The van der Waals surface area contributed by atoms with E-state index in [4.69, 9.17) is 23.8 Å². The van der Waals surface area contributed by atoms with Gasteiger partial charge in [0.15, 0.2) is 5.11 Å². The lowest BCUT2D eigenvalue weighted by molar-refractivity contribution is 0.926. The Morgan fingerprint density at radius 3 is 2.40 bits per heavy atom. The third-order valence-corrected chi connectivity index (χ3v) is 3.49. The van der Waals surface area contributed by atoms with Crippen LogP contribution in [0.25, 0.3) is 0 Å². The van der Waals surface area contributed by atoms with Crippen molar-refractivity contribution in [2.45, 2.75) is 20.4 Å². The SMILES string of the molecule is Cc1cc(C)cc(NC(=S)NCc2ccccc2Cl)c1. The van der Waals surface area contributed by atoms with Gasteiger partial charge in [0, 0.05) is 17.3 Å². The number of aryl methyl sites for hydroxylation is 2. The van der Waals surface area contributed by atoms with E-state index in [0.717, 1.165) is 16.3 Å². The van der Waals surface area contributed by atoms with Gasteiger partial charge in [0.1, 0.15) is 0 Å². The second kappa shape index (κ2) is 6.73. The molecule has 0 heterocycles. The molecule has 0 fully saturated rings. The summed E-state index contributed by atoms with van der Waals surface area (Å²) in [7, 11) is 0. The van der Waals surface area contributed by atoms with Crippen molar-refractivity contribution in [3.63, 3.8) is 0 Å². The van der Waals surface area contributed by atoms with Crippen LogP contribution >= 0.6 is 23.8 Å². The zero-order chi connectivity index (χ0) is 14.5. The topological polar surface area (TPSA) is 24.1 Å². The normalized spacial score (nSPS) is 10.2. The molecule has 0 amide bonds. The molecule has 2 rings (SSSR count). The molecule has 0 aliphatic rings. The standard InChI is InChI=1S/C16H17ClN2S/c1-11-7-12(2)9-14(8-11)19-16(20)18-10-13-5-3-4-6-15(13)17/h3-9H,10H2,1-2H3,(H2,18,19,20). The van der Waals surface area contributed by atoms with Crippen molar-refractivity contribution in [1.82, 2.24) is 5.32 Å². The summed E-state index contributed by atoms with van der Waals surface area (Å²) in [5.41, 5.74) is 4.45. The van der Waals surface area contributed by atoms with Gasteiger partial charge in [-0.05, 0) is 61.0 Å². The van der Waals surface area contributed by atoms with Crippen molar-refractivity contribution in [2.24, 2.45) is 0 Å². The van der Waals surface area contributed by atoms with Crippen molar-refractivity contribution in [1.29, 1.82) is 0 Å². The van der Waals surface area contributed by atoms with E-state index in [9.17, 15) is 0 Å². The minimum atomic E-state index is 0.593. The highest BCUT2D eigenvalue weighted by Crippen LogP contribution is 2.15. The summed E-state index contributed by atoms with van der Waals surface area (Å²) >= 11 is 11.4. The Bertz CT molecular complexity index is 605. The van der Waals surface area contributed by atoms with Gasteiger partial charge in [-0.3, -0.25) is 0 Å². The maximum atomic E-state index is 6.11. The van der Waals surface area contributed by atoms with Crippen LogP contribution in [0.2, 0.25) is 5.02 Å². The van der Waals surface area contributed by atoms with Crippen LogP contribution in [0.5, 0.6) is 0 Å². The first-order valence-electron chi connectivity index (χ1n) is 6.41. The molecule has 0 radical (unpaired) electrons. The molecule has 20 heavy (non-hydrogen) atoms. The van der Waals surface area contributed by atoms with Gasteiger partial charge in [-0.15, -0.1) is 0 Å². The third-order valence-electron chi connectivity index (χ3n) is 2.88. The summed E-state index contributed by atoms with van der Waals surface area (Å²) in [6.45, 7) is 4.74. The van der Waals surface area contributed by atoms with E-state index in [-0.39, 0.29) is 0 Å². The van der Waals surface area contributed by atoms with E-state index in [1.807, 2.05) is 24.3 Å². The first-order valence-corrected chi connectivity index (χ1v) is 7.20. The number of nitrogens with one attached hydrogen (secondary N) is 2. The molecule has 0 unspecified atom stereocenters. The third kappa shape index (κ3) is 4.22. The van der Waals surface area contributed by atoms with Gasteiger partial charge in [0.25, 0.3) is 0 Å². The van der Waals surface area contributed by atoms with Crippen LogP contribution in [0.15, 0.2) is 42.5 Å². The van der Waals surface area contributed by atoms with Crippen molar-refractivity contribution in [3.8, 4) is 0 Å². The van der Waals surface area contributed by atoms with E-state index in [2.05, 4.69) is 42.7 Å². The highest BCUT2D eigenvalue weighted by atomic mass is 35.5. The zero-order valence-electron chi connectivity index (χ0n) is 11.5. The molecule has 0 aliphatic heterocycles. The Balaban J connectivity index is 1.94. The van der Waals surface area contributed by atoms with Gasteiger partial charge < -0.3 is 10.6 Å². The van der Waals surface area contributed by atoms with Gasteiger partial charge in [-0.2, -0.15) is 0 Å². The Hall–Kier alpha value is -1.58. The van der Waals surface area contributed by atoms with Crippen molar-refractivity contribution < 1.29 is 0 Å². The molecule has 2 N–H and O–H groups in total. The summed E-state index contributed by atoms with van der Waals surface area (Å²) in [6, 6.07) is 14.0. The molecular weight excluding hydrogens is 288 g/mol. The second-order valence-corrected chi connectivity index (χ2v) is 5.59. The predicted molar refractivity (Wildman–Crippen MR) is 90.4 cm³/mol. The maximum absolute atomic E-state index is 6.11. The summed E-state index contributed by atoms with van der Waals surface area (Å²) in [5, 5.41) is 7.69. The number of anilines is 1. The number of rotatable bonds is 3. The van der Waals surface area contributed by atoms with E-state index in [0.29, 0.717) is 11.7 Å². The van der Waals surface area contributed by atoms with Gasteiger partial charge in [-0.25, -0.2) is 0 Å². The molecule has 4 heteroatoms. The lowest BCUT2D eigenvalue weighted by Crippen LogP contribution is -2.28. The van der Waals surface area contributed by atoms with Crippen LogP contribution in [0.4, 0.5) is 5.69 Å². The van der Waals surface area contributed by atoms with E-state index in [1.165, 1.54) is 11.1 Å². The van der Waals surface area contributed by atoms with Gasteiger partial charge >= 0.3 is 0 Å². The fraction of sp³-hybridized carbons (Fsp3) is 0.188. The molecule has 2 nitrogen and oxygen atoms in total. The zero-order valence-corrected chi connectivity index (χ0v) is 13.1. The predicted octanol–water partition coefficient (Wildman–Crippen LogP) is 4.44. The quantitative estimate of drug-likeness (QED) is 0.820. The minimum Gasteiger partial charge on any atom is -0.358 e. The molecule has 104 valence electrons. The van der Waals surface area contributed by atoms with Crippen LogP contribution in [-0.2, 0) is 6.54 Å². The first-order chi connectivity index (χ1) is 9.54. The van der Waals surface area contributed by atoms with Crippen molar-refractivity contribution in [2.75, 3.05) is 5.32 Å². The Kier molecular flexibility index (Phi) is 4.99. The molecule has 0 spiro atoms. The molecule has 0 atom stereocenters. The summed E-state index contributed by atoms with van der Waals surface area (Å²) in [5.74, 6) is 0. The smallest absolute Gasteiger partial charge is 0.171 e. The fourth-order valence-electron chi connectivity index (χ4n) is 2.04. The van der Waals surface area contributed by atoms with E-state index < -0.39 is 0 Å². The summed E-state index contributed by atoms with van der Waals surface area (Å²) in [4.78, 5) is 0. The number of halogens is 1. The lowest BCUT2D eigenvalue weighted by Gasteiger charge is -2.12. The summed E-state index contributed by atoms with van der Waals surface area (Å²) < 4.78 is 0. The molecular formula is C16H17ClN2S. The molecule has 0 aliphatic carbocycles. The van der Waals surface area contributed by atoms with Crippen LogP contribution < -0.4 is 10.6 Å². The number of hydrogen-bond acceptors (Lipinski definition) is 1. The van der Waals surface area contributed by atoms with Crippen molar-refractivity contribution >= 4 is 34.6 Å². The molecule has 0 saturated carbocycles. The highest BCUT2D eigenvalue weighted by Gasteiger charge is 2.02. The van der Waals surface area contributed by atoms with Crippen LogP contribution in [0, 0.1) is 13.8 Å². The molecule has 0 saturated heterocycles. The monoisotopic (exact) mass is 304 g/mol. The van der Waals surface area contributed by atoms with E-state index >= 15 is 0 Å². The second-order valence-electron chi connectivity index (χ2n) is 4.78. The van der Waals surface area contributed by atoms with Crippen LogP contribution in [0.3, 0.4) is 0 Å². The Morgan fingerprint density at radius 2 is 1.75 bits per heavy atom. The summed E-state index contributed by atoms with van der Waals surface area (Å²) in [6.07, 6.45) is 0. The molecule has 2 aromatic rings. The van der Waals surface area contributed by atoms with E-state index in [1.54, 1.807) is 0 Å². The fourth-order valence-corrected chi connectivity index (χ4v) is 2.43. The Morgan fingerprint density at radius 1 is 1.10 bits per heavy atom. The molecule has 0 aromatic heterocycles. The van der Waals surface area contributed by atoms with Crippen LogP contribution in [-0.4, -0.2) is 5.11 Å².